The second kappa shape index (κ2) is 5.66. The van der Waals surface area contributed by atoms with Crippen LogP contribution in [0.25, 0.3) is 0 Å². The highest BCUT2D eigenvalue weighted by molar-refractivity contribution is 7.99. The fourth-order valence-corrected chi connectivity index (χ4v) is 2.28. The minimum atomic E-state index is -1.49. The largest absolute Gasteiger partial charge is 0.477 e. The van der Waals surface area contributed by atoms with Crippen molar-refractivity contribution < 1.29 is 19.2 Å². The molecule has 0 bridgehead atoms. The third kappa shape index (κ3) is 2.91. The standard InChI is InChI=1S/C12H7FN2O4S/c13-8-6-9(15(18)19)7(12(16)17)5-10(8)20-11-3-1-2-4-14-11/h1-6H,(H,16,17). The van der Waals surface area contributed by atoms with Crippen molar-refractivity contribution in [3.05, 3.63) is 58.0 Å². The van der Waals surface area contributed by atoms with Crippen molar-refractivity contribution in [2.24, 2.45) is 0 Å². The Hall–Kier alpha value is -2.48. The Morgan fingerprint density at radius 2 is 2.15 bits per heavy atom. The number of hydrogen-bond donors (Lipinski definition) is 1. The number of hydrogen-bond acceptors (Lipinski definition) is 5. The van der Waals surface area contributed by atoms with Crippen LogP contribution in [0.1, 0.15) is 10.4 Å². The number of nitro benzene ring substituents is 1. The van der Waals surface area contributed by atoms with E-state index in [1.807, 2.05) is 0 Å². The maximum Gasteiger partial charge on any atom is 0.342 e. The Balaban J connectivity index is 2.47. The van der Waals surface area contributed by atoms with Crippen molar-refractivity contribution in [2.75, 3.05) is 0 Å². The molecule has 0 atom stereocenters. The molecule has 1 aromatic carbocycles. The van der Waals surface area contributed by atoms with Gasteiger partial charge in [0.25, 0.3) is 5.69 Å². The quantitative estimate of drug-likeness (QED) is 0.688. The highest BCUT2D eigenvalue weighted by atomic mass is 32.2. The summed E-state index contributed by atoms with van der Waals surface area (Å²) in [5.41, 5.74) is -1.34. The highest BCUT2D eigenvalue weighted by Crippen LogP contribution is 2.32. The molecule has 0 aliphatic rings. The highest BCUT2D eigenvalue weighted by Gasteiger charge is 2.23. The molecule has 0 aliphatic heterocycles. The first-order chi connectivity index (χ1) is 9.49. The van der Waals surface area contributed by atoms with Gasteiger partial charge in [-0.25, -0.2) is 14.2 Å². The van der Waals surface area contributed by atoms with E-state index < -0.39 is 28.0 Å². The summed E-state index contributed by atoms with van der Waals surface area (Å²) >= 11 is 0.894. The molecule has 8 heteroatoms. The number of carboxylic acids is 1. The first-order valence-electron chi connectivity index (χ1n) is 5.29. The first-order valence-corrected chi connectivity index (χ1v) is 6.11. The van der Waals surface area contributed by atoms with E-state index in [1.54, 1.807) is 18.2 Å². The second-order valence-corrected chi connectivity index (χ2v) is 4.69. The van der Waals surface area contributed by atoms with Crippen LogP contribution in [0.15, 0.2) is 46.5 Å². The molecular formula is C12H7FN2O4S. The van der Waals surface area contributed by atoms with E-state index in [9.17, 15) is 19.3 Å². The predicted octanol–water partition coefficient (Wildman–Crippen LogP) is 2.98. The van der Waals surface area contributed by atoms with Crippen LogP contribution in [0.2, 0.25) is 0 Å². The number of nitrogens with zero attached hydrogens (tertiary/aromatic N) is 2. The molecule has 0 radical (unpaired) electrons. The zero-order valence-corrected chi connectivity index (χ0v) is 10.6. The molecule has 2 aromatic rings. The van der Waals surface area contributed by atoms with Crippen molar-refractivity contribution in [1.29, 1.82) is 0 Å². The molecular weight excluding hydrogens is 287 g/mol. The van der Waals surface area contributed by atoms with E-state index in [0.29, 0.717) is 11.1 Å². The normalized spacial score (nSPS) is 10.2. The SMILES string of the molecule is O=C(O)c1cc(Sc2ccccn2)c(F)cc1[N+](=O)[O-]. The number of carboxylic acid groups (broad SMARTS) is 1. The second-order valence-electron chi connectivity index (χ2n) is 3.63. The zero-order valence-electron chi connectivity index (χ0n) is 9.82. The van der Waals surface area contributed by atoms with Crippen molar-refractivity contribution in [1.82, 2.24) is 4.98 Å². The predicted molar refractivity (Wildman–Crippen MR) is 68.4 cm³/mol. The van der Waals surface area contributed by atoms with Gasteiger partial charge in [0.2, 0.25) is 0 Å². The molecule has 0 spiro atoms. The maximum absolute atomic E-state index is 13.8. The zero-order chi connectivity index (χ0) is 14.7. The lowest BCUT2D eigenvalue weighted by atomic mass is 10.2. The third-order valence-corrected chi connectivity index (χ3v) is 3.31. The van der Waals surface area contributed by atoms with Gasteiger partial charge in [-0.3, -0.25) is 10.1 Å². The number of nitro groups is 1. The summed E-state index contributed by atoms with van der Waals surface area (Å²) in [4.78, 5) is 24.7. The molecule has 1 N–H and O–H groups in total. The number of halogens is 1. The number of pyridine rings is 1. The molecule has 0 aliphatic carbocycles. The summed E-state index contributed by atoms with van der Waals surface area (Å²) in [6.45, 7) is 0. The smallest absolute Gasteiger partial charge is 0.342 e. The average molecular weight is 294 g/mol. The van der Waals surface area contributed by atoms with Crippen LogP contribution in [0.5, 0.6) is 0 Å². The van der Waals surface area contributed by atoms with Gasteiger partial charge in [-0.1, -0.05) is 17.8 Å². The monoisotopic (exact) mass is 294 g/mol. The average Bonchev–Trinajstić information content (AvgIpc) is 2.41. The van der Waals surface area contributed by atoms with Gasteiger partial charge >= 0.3 is 5.97 Å². The molecule has 0 saturated heterocycles. The van der Waals surface area contributed by atoms with Crippen molar-refractivity contribution in [3.8, 4) is 0 Å². The van der Waals surface area contributed by atoms with Crippen molar-refractivity contribution in [2.45, 2.75) is 9.92 Å². The Morgan fingerprint density at radius 3 is 2.70 bits per heavy atom. The minimum absolute atomic E-state index is 0.0355. The van der Waals surface area contributed by atoms with Gasteiger partial charge in [-0.2, -0.15) is 0 Å². The molecule has 0 fully saturated rings. The van der Waals surface area contributed by atoms with E-state index in [1.165, 1.54) is 6.20 Å². The number of carbonyl (C=O) groups is 1. The van der Waals surface area contributed by atoms with Crippen LogP contribution in [0.3, 0.4) is 0 Å². The number of aromatic nitrogens is 1. The number of aromatic carboxylic acids is 1. The summed E-state index contributed by atoms with van der Waals surface area (Å²) in [7, 11) is 0. The van der Waals surface area contributed by atoms with E-state index in [4.69, 9.17) is 5.11 Å². The molecule has 1 heterocycles. The molecule has 1 aromatic heterocycles. The molecule has 102 valence electrons. The molecule has 0 saturated carbocycles. The van der Waals surface area contributed by atoms with Crippen LogP contribution >= 0.6 is 11.8 Å². The third-order valence-electron chi connectivity index (χ3n) is 2.33. The van der Waals surface area contributed by atoms with Gasteiger partial charge in [0.1, 0.15) is 16.4 Å². The molecule has 0 amide bonds. The summed E-state index contributed by atoms with van der Waals surface area (Å²) in [6, 6.07) is 6.53. The summed E-state index contributed by atoms with van der Waals surface area (Å²) in [6.07, 6.45) is 1.50. The Bertz CT molecular complexity index is 679. The van der Waals surface area contributed by atoms with Gasteiger partial charge in [0.15, 0.2) is 0 Å². The lowest BCUT2D eigenvalue weighted by Gasteiger charge is -2.05. The number of benzene rings is 1. The Labute approximate surface area is 116 Å². The van der Waals surface area contributed by atoms with Crippen LogP contribution in [0, 0.1) is 15.9 Å². The van der Waals surface area contributed by atoms with Gasteiger partial charge in [-0.05, 0) is 18.2 Å². The summed E-state index contributed by atoms with van der Waals surface area (Å²) in [5.74, 6) is -2.35. The van der Waals surface area contributed by atoms with Gasteiger partial charge in [0, 0.05) is 6.20 Å². The molecule has 2 rings (SSSR count). The lowest BCUT2D eigenvalue weighted by molar-refractivity contribution is -0.385. The minimum Gasteiger partial charge on any atom is -0.477 e. The molecule has 20 heavy (non-hydrogen) atoms. The number of rotatable bonds is 4. The van der Waals surface area contributed by atoms with Crippen molar-refractivity contribution in [3.63, 3.8) is 0 Å². The topological polar surface area (TPSA) is 93.3 Å². The van der Waals surface area contributed by atoms with Crippen LogP contribution in [-0.2, 0) is 0 Å². The van der Waals surface area contributed by atoms with Gasteiger partial charge < -0.3 is 5.11 Å². The van der Waals surface area contributed by atoms with Crippen LogP contribution < -0.4 is 0 Å². The Morgan fingerprint density at radius 1 is 1.40 bits per heavy atom. The fourth-order valence-electron chi connectivity index (χ4n) is 1.46. The van der Waals surface area contributed by atoms with E-state index >= 15 is 0 Å². The molecule has 0 unspecified atom stereocenters. The maximum atomic E-state index is 13.8. The van der Waals surface area contributed by atoms with Crippen LogP contribution in [-0.4, -0.2) is 21.0 Å². The Kier molecular flexibility index (Phi) is 3.94. The van der Waals surface area contributed by atoms with E-state index in [-0.39, 0.29) is 4.90 Å². The van der Waals surface area contributed by atoms with E-state index in [0.717, 1.165) is 17.8 Å². The first kappa shape index (κ1) is 13.9. The molecule has 6 nitrogen and oxygen atoms in total. The lowest BCUT2D eigenvalue weighted by Crippen LogP contribution is -2.04. The van der Waals surface area contributed by atoms with Crippen molar-refractivity contribution >= 4 is 23.4 Å². The van der Waals surface area contributed by atoms with Gasteiger partial charge in [0.05, 0.1) is 15.9 Å². The fraction of sp³-hybridized carbons (Fsp3) is 0. The van der Waals surface area contributed by atoms with Crippen LogP contribution in [0.4, 0.5) is 10.1 Å². The van der Waals surface area contributed by atoms with E-state index in [2.05, 4.69) is 4.98 Å². The van der Waals surface area contributed by atoms with Gasteiger partial charge in [-0.15, -0.1) is 0 Å². The summed E-state index contributed by atoms with van der Waals surface area (Å²) in [5, 5.41) is 20.1. The summed E-state index contributed by atoms with van der Waals surface area (Å²) < 4.78 is 13.8.